The lowest BCUT2D eigenvalue weighted by molar-refractivity contribution is -0.142. The van der Waals surface area contributed by atoms with Crippen LogP contribution in [0.4, 0.5) is 0 Å². The third kappa shape index (κ3) is 2.56. The van der Waals surface area contributed by atoms with E-state index < -0.39 is 5.97 Å². The number of hydrogen-bond donors (Lipinski definition) is 1. The smallest absolute Gasteiger partial charge is 0.350 e. The first-order valence-electron chi connectivity index (χ1n) is 7.05. The molecule has 1 aliphatic heterocycles. The second-order valence-corrected chi connectivity index (χ2v) is 5.62. The predicted octanol–water partition coefficient (Wildman–Crippen LogP) is 0.149. The van der Waals surface area contributed by atoms with E-state index >= 15 is 0 Å². The van der Waals surface area contributed by atoms with Crippen LogP contribution in [0.25, 0.3) is 5.65 Å². The molecule has 112 valence electrons. The fourth-order valence-electron chi connectivity index (χ4n) is 2.92. The minimum Gasteiger partial charge on any atom is -0.481 e. The molecule has 0 aliphatic carbocycles. The summed E-state index contributed by atoms with van der Waals surface area (Å²) in [7, 11) is 0. The molecule has 3 heterocycles. The van der Waals surface area contributed by atoms with Crippen molar-refractivity contribution < 1.29 is 9.90 Å². The van der Waals surface area contributed by atoms with Crippen LogP contribution in [0.3, 0.4) is 0 Å². The molecule has 1 aliphatic rings. The summed E-state index contributed by atoms with van der Waals surface area (Å²) in [5, 5.41) is 13.4. The van der Waals surface area contributed by atoms with Gasteiger partial charge in [-0.15, -0.1) is 5.10 Å². The predicted molar refractivity (Wildman–Crippen MR) is 76.2 cm³/mol. The van der Waals surface area contributed by atoms with Gasteiger partial charge in [0.25, 0.3) is 0 Å². The Labute approximate surface area is 121 Å². The van der Waals surface area contributed by atoms with Gasteiger partial charge in [-0.2, -0.15) is 0 Å². The monoisotopic (exact) mass is 290 g/mol. The zero-order valence-electron chi connectivity index (χ0n) is 11.8. The van der Waals surface area contributed by atoms with Gasteiger partial charge < -0.3 is 10.0 Å². The molecule has 7 heteroatoms. The highest BCUT2D eigenvalue weighted by atomic mass is 16.4. The van der Waals surface area contributed by atoms with Gasteiger partial charge in [0, 0.05) is 25.8 Å². The van der Waals surface area contributed by atoms with E-state index in [1.165, 1.54) is 9.08 Å². The summed E-state index contributed by atoms with van der Waals surface area (Å²) in [6.45, 7) is 4.35. The van der Waals surface area contributed by atoms with Crippen LogP contribution in [0.1, 0.15) is 6.92 Å². The highest BCUT2D eigenvalue weighted by Crippen LogP contribution is 2.22. The van der Waals surface area contributed by atoms with E-state index in [2.05, 4.69) is 10.00 Å². The molecule has 2 unspecified atom stereocenters. The first-order valence-corrected chi connectivity index (χ1v) is 7.05. The van der Waals surface area contributed by atoms with Crippen molar-refractivity contribution >= 4 is 11.6 Å². The van der Waals surface area contributed by atoms with E-state index in [1.54, 1.807) is 18.3 Å². The Balaban J connectivity index is 1.69. The molecule has 0 amide bonds. The molecule has 21 heavy (non-hydrogen) atoms. The number of likely N-dealkylation sites (tertiary alicyclic amines) is 1. The summed E-state index contributed by atoms with van der Waals surface area (Å²) < 4.78 is 2.95. The standard InChI is InChI=1S/C14H18N4O3/c1-10-8-16(9-11(10)13(19)20)6-7-18-14(21)17-5-3-2-4-12(17)15-18/h2-5,10-11H,6-9H2,1H3,(H,19,20). The average Bonchev–Trinajstić information content (AvgIpc) is 2.98. The van der Waals surface area contributed by atoms with Gasteiger partial charge in [0.1, 0.15) is 0 Å². The minimum atomic E-state index is -0.741. The summed E-state index contributed by atoms with van der Waals surface area (Å²) >= 11 is 0. The van der Waals surface area contributed by atoms with Gasteiger partial charge in [-0.25, -0.2) is 9.48 Å². The number of carbonyl (C=O) groups is 1. The van der Waals surface area contributed by atoms with Crippen molar-refractivity contribution in [2.75, 3.05) is 19.6 Å². The SMILES string of the molecule is CC1CN(CCn2nc3ccccn3c2=O)CC1C(=O)O. The number of fused-ring (bicyclic) bond motifs is 1. The lowest BCUT2D eigenvalue weighted by atomic mass is 9.99. The van der Waals surface area contributed by atoms with Gasteiger partial charge >= 0.3 is 11.7 Å². The third-order valence-electron chi connectivity index (χ3n) is 4.12. The molecule has 0 bridgehead atoms. The maximum Gasteiger partial charge on any atom is 0.350 e. The molecule has 3 rings (SSSR count). The summed E-state index contributed by atoms with van der Waals surface area (Å²) in [6, 6.07) is 5.42. The van der Waals surface area contributed by atoms with Crippen LogP contribution >= 0.6 is 0 Å². The summed E-state index contributed by atoms with van der Waals surface area (Å²) in [4.78, 5) is 25.3. The minimum absolute atomic E-state index is 0.139. The van der Waals surface area contributed by atoms with Crippen LogP contribution in [-0.2, 0) is 11.3 Å². The quantitative estimate of drug-likeness (QED) is 0.867. The number of aromatic nitrogens is 3. The van der Waals surface area contributed by atoms with Crippen LogP contribution in [0.15, 0.2) is 29.2 Å². The Morgan fingerprint density at radius 2 is 2.19 bits per heavy atom. The van der Waals surface area contributed by atoms with E-state index in [-0.39, 0.29) is 17.5 Å². The lowest BCUT2D eigenvalue weighted by Crippen LogP contribution is -2.30. The van der Waals surface area contributed by atoms with Crippen LogP contribution in [-0.4, -0.2) is 49.8 Å². The average molecular weight is 290 g/mol. The Morgan fingerprint density at radius 1 is 1.38 bits per heavy atom. The first kappa shape index (κ1) is 13.8. The van der Waals surface area contributed by atoms with Gasteiger partial charge in [-0.1, -0.05) is 13.0 Å². The molecule has 0 aromatic carbocycles. The summed E-state index contributed by atoms with van der Waals surface area (Å²) in [5.41, 5.74) is 0.466. The number of aliphatic carboxylic acids is 1. The molecule has 2 atom stereocenters. The van der Waals surface area contributed by atoms with Gasteiger partial charge in [0.05, 0.1) is 12.5 Å². The van der Waals surface area contributed by atoms with Gasteiger partial charge in [-0.3, -0.25) is 9.20 Å². The van der Waals surface area contributed by atoms with Gasteiger partial charge in [0.2, 0.25) is 0 Å². The Hall–Kier alpha value is -2.15. The zero-order chi connectivity index (χ0) is 15.0. The second kappa shape index (κ2) is 5.33. The highest BCUT2D eigenvalue weighted by molar-refractivity contribution is 5.71. The number of nitrogens with zero attached hydrogens (tertiary/aromatic N) is 4. The molecular formula is C14H18N4O3. The van der Waals surface area contributed by atoms with Crippen molar-refractivity contribution in [2.24, 2.45) is 11.8 Å². The van der Waals surface area contributed by atoms with Crippen molar-refractivity contribution in [3.63, 3.8) is 0 Å². The van der Waals surface area contributed by atoms with Gasteiger partial charge in [-0.05, 0) is 18.1 Å². The molecule has 7 nitrogen and oxygen atoms in total. The van der Waals surface area contributed by atoms with Crippen molar-refractivity contribution in [3.05, 3.63) is 34.9 Å². The van der Waals surface area contributed by atoms with Crippen molar-refractivity contribution in [3.8, 4) is 0 Å². The number of pyridine rings is 1. The van der Waals surface area contributed by atoms with E-state index in [1.807, 2.05) is 13.0 Å². The summed E-state index contributed by atoms with van der Waals surface area (Å²) in [5.74, 6) is -0.919. The van der Waals surface area contributed by atoms with E-state index in [4.69, 9.17) is 5.11 Å². The maximum atomic E-state index is 12.1. The number of carboxylic acid groups (broad SMARTS) is 1. The molecule has 0 radical (unpaired) electrons. The Bertz CT molecular complexity index is 720. The highest BCUT2D eigenvalue weighted by Gasteiger charge is 2.34. The maximum absolute atomic E-state index is 12.1. The molecule has 1 saturated heterocycles. The molecule has 2 aromatic heterocycles. The van der Waals surface area contributed by atoms with E-state index in [0.717, 1.165) is 6.54 Å². The van der Waals surface area contributed by atoms with Crippen molar-refractivity contribution in [1.29, 1.82) is 0 Å². The molecule has 0 saturated carbocycles. The van der Waals surface area contributed by atoms with Crippen LogP contribution in [0, 0.1) is 11.8 Å². The number of rotatable bonds is 4. The fraction of sp³-hybridized carbons (Fsp3) is 0.500. The van der Waals surface area contributed by atoms with Crippen LogP contribution in [0.5, 0.6) is 0 Å². The normalized spacial score (nSPS) is 22.9. The Morgan fingerprint density at radius 3 is 2.86 bits per heavy atom. The molecular weight excluding hydrogens is 272 g/mol. The summed E-state index contributed by atoms with van der Waals surface area (Å²) in [6.07, 6.45) is 1.69. The molecule has 0 spiro atoms. The number of carboxylic acids is 1. The second-order valence-electron chi connectivity index (χ2n) is 5.62. The topological polar surface area (TPSA) is 79.8 Å². The third-order valence-corrected chi connectivity index (χ3v) is 4.12. The zero-order valence-corrected chi connectivity index (χ0v) is 11.8. The van der Waals surface area contributed by atoms with Crippen LogP contribution in [0.2, 0.25) is 0 Å². The van der Waals surface area contributed by atoms with E-state index in [0.29, 0.717) is 25.3 Å². The first-order chi connectivity index (χ1) is 10.1. The largest absolute Gasteiger partial charge is 0.481 e. The number of hydrogen-bond acceptors (Lipinski definition) is 4. The molecule has 1 N–H and O–H groups in total. The molecule has 1 fully saturated rings. The Kier molecular flexibility index (Phi) is 3.50. The van der Waals surface area contributed by atoms with E-state index in [9.17, 15) is 9.59 Å². The fourth-order valence-corrected chi connectivity index (χ4v) is 2.92. The molecule has 2 aromatic rings. The van der Waals surface area contributed by atoms with Gasteiger partial charge in [0.15, 0.2) is 5.65 Å². The van der Waals surface area contributed by atoms with Crippen molar-refractivity contribution in [2.45, 2.75) is 13.5 Å². The van der Waals surface area contributed by atoms with Crippen LogP contribution < -0.4 is 5.69 Å². The lowest BCUT2D eigenvalue weighted by Gasteiger charge is -2.14. The van der Waals surface area contributed by atoms with Crippen molar-refractivity contribution in [1.82, 2.24) is 19.1 Å².